The number of guanidine groups is 1. The van der Waals surface area contributed by atoms with Crippen LogP contribution in [0.1, 0.15) is 11.1 Å². The summed E-state index contributed by atoms with van der Waals surface area (Å²) in [6.07, 6.45) is 1.47. The highest BCUT2D eigenvalue weighted by molar-refractivity contribution is 6.31. The van der Waals surface area contributed by atoms with Gasteiger partial charge in [0.1, 0.15) is 12.4 Å². The molecule has 24 heavy (non-hydrogen) atoms. The zero-order valence-electron chi connectivity index (χ0n) is 12.9. The molecule has 126 valence electrons. The number of hydrogen-bond acceptors (Lipinski definition) is 4. The minimum atomic E-state index is -0.403. The highest BCUT2D eigenvalue weighted by Crippen LogP contribution is 2.29. The number of halogens is 2. The number of hydrogen-bond donors (Lipinski definition) is 2. The van der Waals surface area contributed by atoms with Crippen molar-refractivity contribution in [1.82, 2.24) is 0 Å². The number of benzene rings is 2. The largest absolute Gasteiger partial charge is 0.493 e. The quantitative estimate of drug-likeness (QED) is 0.475. The number of methoxy groups -OCH3 is 1. The summed E-state index contributed by atoms with van der Waals surface area (Å²) in [5.41, 5.74) is 11.8. The van der Waals surface area contributed by atoms with E-state index in [0.29, 0.717) is 27.6 Å². The van der Waals surface area contributed by atoms with Crippen molar-refractivity contribution in [3.8, 4) is 11.5 Å². The average molecular weight is 351 g/mol. The monoisotopic (exact) mass is 350 g/mol. The van der Waals surface area contributed by atoms with Crippen LogP contribution in [0.2, 0.25) is 5.02 Å². The summed E-state index contributed by atoms with van der Waals surface area (Å²) in [6.45, 7) is 0.157. The van der Waals surface area contributed by atoms with Crippen molar-refractivity contribution in [2.45, 2.75) is 6.61 Å². The predicted molar refractivity (Wildman–Crippen MR) is 92.1 cm³/mol. The van der Waals surface area contributed by atoms with Gasteiger partial charge >= 0.3 is 0 Å². The first-order chi connectivity index (χ1) is 11.5. The first-order valence-corrected chi connectivity index (χ1v) is 7.24. The van der Waals surface area contributed by atoms with Crippen LogP contribution in [0.3, 0.4) is 0 Å². The van der Waals surface area contributed by atoms with E-state index >= 15 is 0 Å². The maximum Gasteiger partial charge on any atom is 0.211 e. The molecule has 0 saturated heterocycles. The summed E-state index contributed by atoms with van der Waals surface area (Å²) in [7, 11) is 1.53. The third kappa shape index (κ3) is 4.85. The van der Waals surface area contributed by atoms with Crippen molar-refractivity contribution < 1.29 is 13.9 Å². The molecule has 2 aromatic rings. The van der Waals surface area contributed by atoms with Gasteiger partial charge in [-0.25, -0.2) is 4.39 Å². The minimum absolute atomic E-state index is 0.137. The van der Waals surface area contributed by atoms with Crippen LogP contribution < -0.4 is 20.9 Å². The van der Waals surface area contributed by atoms with Crippen molar-refractivity contribution in [1.29, 1.82) is 0 Å². The van der Waals surface area contributed by atoms with E-state index in [4.69, 9.17) is 32.5 Å². The van der Waals surface area contributed by atoms with Crippen LogP contribution in [-0.2, 0) is 6.61 Å². The summed E-state index contributed by atoms with van der Waals surface area (Å²) in [6, 6.07) is 9.31. The fourth-order valence-electron chi connectivity index (χ4n) is 1.84. The van der Waals surface area contributed by atoms with Crippen molar-refractivity contribution in [3.63, 3.8) is 0 Å². The van der Waals surface area contributed by atoms with Gasteiger partial charge in [0.2, 0.25) is 5.96 Å². The van der Waals surface area contributed by atoms with E-state index in [1.807, 2.05) is 0 Å². The van der Waals surface area contributed by atoms with Crippen LogP contribution in [0.25, 0.3) is 0 Å². The average Bonchev–Trinajstić information content (AvgIpc) is 2.54. The SMILES string of the molecule is COc1ccc(C=NN=C(N)N)cc1OCc1ccc(F)cc1Cl. The lowest BCUT2D eigenvalue weighted by atomic mass is 10.2. The van der Waals surface area contributed by atoms with Gasteiger partial charge in [-0.05, 0) is 35.9 Å². The fraction of sp³-hybridized carbons (Fsp3) is 0.125. The molecule has 6 nitrogen and oxygen atoms in total. The van der Waals surface area contributed by atoms with E-state index in [1.165, 1.54) is 25.5 Å². The Kier molecular flexibility index (Phi) is 5.97. The lowest BCUT2D eigenvalue weighted by Gasteiger charge is -2.12. The van der Waals surface area contributed by atoms with Gasteiger partial charge in [-0.2, -0.15) is 5.10 Å². The van der Waals surface area contributed by atoms with Gasteiger partial charge in [0, 0.05) is 5.56 Å². The van der Waals surface area contributed by atoms with Gasteiger partial charge in [-0.15, -0.1) is 5.10 Å². The molecule has 0 fully saturated rings. The molecular formula is C16H16ClFN4O2. The fourth-order valence-corrected chi connectivity index (χ4v) is 2.06. The molecule has 0 saturated carbocycles. The predicted octanol–water partition coefficient (Wildman–Crippen LogP) is 2.67. The highest BCUT2D eigenvalue weighted by atomic mass is 35.5. The molecule has 0 unspecified atom stereocenters. The molecule has 0 radical (unpaired) electrons. The van der Waals surface area contributed by atoms with E-state index < -0.39 is 5.82 Å². The maximum atomic E-state index is 13.1. The molecule has 0 aliphatic carbocycles. The Hall–Kier alpha value is -2.80. The zero-order chi connectivity index (χ0) is 17.5. The zero-order valence-corrected chi connectivity index (χ0v) is 13.6. The molecule has 2 aromatic carbocycles. The lowest BCUT2D eigenvalue weighted by molar-refractivity contribution is 0.284. The normalized spacial score (nSPS) is 10.6. The standard InChI is InChI=1S/C16H16ClFN4O2/c1-23-14-5-2-10(8-21-22-16(19)20)6-15(14)24-9-11-3-4-12(18)7-13(11)17/h2-8H,9H2,1H3,(H4,19,20,22). The summed E-state index contributed by atoms with van der Waals surface area (Å²) in [5.74, 6) is 0.472. The van der Waals surface area contributed by atoms with Crippen molar-refractivity contribution in [2.75, 3.05) is 7.11 Å². The Balaban J connectivity index is 2.18. The smallest absolute Gasteiger partial charge is 0.211 e. The molecule has 0 spiro atoms. The summed E-state index contributed by atoms with van der Waals surface area (Å²) in [5, 5.41) is 7.55. The molecule has 0 aromatic heterocycles. The van der Waals surface area contributed by atoms with Crippen molar-refractivity contribution >= 4 is 23.8 Å². The Labute approximate surface area is 143 Å². The van der Waals surface area contributed by atoms with Gasteiger partial charge < -0.3 is 20.9 Å². The Morgan fingerprint density at radius 2 is 2.00 bits per heavy atom. The molecule has 0 heterocycles. The number of nitrogens with two attached hydrogens (primary N) is 2. The van der Waals surface area contributed by atoms with Crippen molar-refractivity contribution in [3.05, 3.63) is 58.4 Å². The Bertz CT molecular complexity index is 777. The van der Waals surface area contributed by atoms with Crippen LogP contribution in [0.4, 0.5) is 4.39 Å². The number of rotatable bonds is 6. The molecule has 2 rings (SSSR count). The van der Waals surface area contributed by atoms with Crippen LogP contribution in [0.5, 0.6) is 11.5 Å². The molecule has 0 bridgehead atoms. The van der Waals surface area contributed by atoms with E-state index in [0.717, 1.165) is 0 Å². The van der Waals surface area contributed by atoms with Gasteiger partial charge in [0.15, 0.2) is 11.5 Å². The second-order valence-corrected chi connectivity index (χ2v) is 5.11. The Morgan fingerprint density at radius 3 is 2.67 bits per heavy atom. The van der Waals surface area contributed by atoms with Gasteiger partial charge in [-0.1, -0.05) is 17.7 Å². The third-order valence-corrected chi connectivity index (χ3v) is 3.32. The van der Waals surface area contributed by atoms with Crippen LogP contribution >= 0.6 is 11.6 Å². The second kappa shape index (κ2) is 8.16. The Morgan fingerprint density at radius 1 is 1.21 bits per heavy atom. The van der Waals surface area contributed by atoms with Crippen LogP contribution in [0, 0.1) is 5.82 Å². The molecule has 8 heteroatoms. The topological polar surface area (TPSA) is 95.2 Å². The van der Waals surface area contributed by atoms with Gasteiger partial charge in [-0.3, -0.25) is 0 Å². The second-order valence-electron chi connectivity index (χ2n) is 4.70. The molecule has 0 amide bonds. The molecule has 0 atom stereocenters. The van der Waals surface area contributed by atoms with E-state index in [1.54, 1.807) is 24.3 Å². The van der Waals surface area contributed by atoms with Gasteiger partial charge in [0.25, 0.3) is 0 Å². The number of ether oxygens (including phenoxy) is 2. The number of nitrogens with zero attached hydrogens (tertiary/aromatic N) is 2. The summed E-state index contributed by atoms with van der Waals surface area (Å²) >= 11 is 5.99. The maximum absolute atomic E-state index is 13.1. The molecule has 4 N–H and O–H groups in total. The third-order valence-electron chi connectivity index (χ3n) is 2.97. The van der Waals surface area contributed by atoms with E-state index in [9.17, 15) is 4.39 Å². The van der Waals surface area contributed by atoms with E-state index in [-0.39, 0.29) is 12.6 Å². The first-order valence-electron chi connectivity index (χ1n) is 6.86. The van der Waals surface area contributed by atoms with Crippen LogP contribution in [0.15, 0.2) is 46.6 Å². The van der Waals surface area contributed by atoms with Crippen LogP contribution in [-0.4, -0.2) is 19.3 Å². The summed E-state index contributed by atoms with van der Waals surface area (Å²) < 4.78 is 24.0. The van der Waals surface area contributed by atoms with E-state index in [2.05, 4.69) is 10.2 Å². The minimum Gasteiger partial charge on any atom is -0.493 e. The highest BCUT2D eigenvalue weighted by Gasteiger charge is 2.08. The van der Waals surface area contributed by atoms with Crippen molar-refractivity contribution in [2.24, 2.45) is 21.7 Å². The summed E-state index contributed by atoms with van der Waals surface area (Å²) in [4.78, 5) is 0. The molecular weight excluding hydrogens is 335 g/mol. The lowest BCUT2D eigenvalue weighted by Crippen LogP contribution is -2.21. The molecule has 0 aliphatic heterocycles. The molecule has 0 aliphatic rings. The van der Waals surface area contributed by atoms with Gasteiger partial charge in [0.05, 0.1) is 18.3 Å². The first kappa shape index (κ1) is 17.6.